The van der Waals surface area contributed by atoms with Crippen molar-refractivity contribution in [2.75, 3.05) is 0 Å². The molecule has 3 aromatic rings. The molecule has 0 radical (unpaired) electrons. The summed E-state index contributed by atoms with van der Waals surface area (Å²) in [5.74, 6) is -0.455. The normalized spacial score (nSPS) is 11.3. The van der Waals surface area contributed by atoms with Crippen LogP contribution in [0.3, 0.4) is 0 Å². The van der Waals surface area contributed by atoms with Crippen LogP contribution in [-0.4, -0.2) is 15.9 Å². The van der Waals surface area contributed by atoms with Gasteiger partial charge in [-0.25, -0.2) is 4.98 Å². The van der Waals surface area contributed by atoms with Gasteiger partial charge >= 0.3 is 6.18 Å². The minimum atomic E-state index is -4.42. The molecule has 0 saturated carbocycles. The number of rotatable bonds is 4. The molecule has 4 nitrogen and oxygen atoms in total. The maximum atomic E-state index is 12.5. The lowest BCUT2D eigenvalue weighted by Crippen LogP contribution is -2.22. The standard InChI is InChI=1S/C17H12F3N3OS/c18-17(19,20)12-6-4-11(5-7-12)16(24)22-9-15-23-14(10-25-15)13-3-1-2-8-21-13/h1-8,10H,9H2,(H,22,24). The summed E-state index contributed by atoms with van der Waals surface area (Å²) < 4.78 is 37.6. The van der Waals surface area contributed by atoms with Gasteiger partial charge in [0.15, 0.2) is 0 Å². The highest BCUT2D eigenvalue weighted by atomic mass is 32.1. The molecular formula is C17H12F3N3OS. The van der Waals surface area contributed by atoms with Crippen LogP contribution in [0, 0.1) is 0 Å². The number of thiazole rings is 1. The number of carbonyl (C=O) groups is 1. The predicted octanol–water partition coefficient (Wildman–Crippen LogP) is 4.15. The largest absolute Gasteiger partial charge is 0.416 e. The molecule has 0 saturated heterocycles. The SMILES string of the molecule is O=C(NCc1nc(-c2ccccn2)cs1)c1ccc(C(F)(F)F)cc1. The molecule has 0 aliphatic rings. The molecular weight excluding hydrogens is 351 g/mol. The molecule has 2 aromatic heterocycles. The van der Waals surface area contributed by atoms with Crippen molar-refractivity contribution in [2.24, 2.45) is 0 Å². The van der Waals surface area contributed by atoms with Crippen molar-refractivity contribution in [2.45, 2.75) is 12.7 Å². The zero-order chi connectivity index (χ0) is 17.9. The Labute approximate surface area is 145 Å². The molecule has 0 bridgehead atoms. The van der Waals surface area contributed by atoms with Gasteiger partial charge in [0.1, 0.15) is 5.01 Å². The Balaban J connectivity index is 1.62. The van der Waals surface area contributed by atoms with Crippen molar-refractivity contribution in [1.29, 1.82) is 0 Å². The smallest absolute Gasteiger partial charge is 0.346 e. The van der Waals surface area contributed by atoms with E-state index in [9.17, 15) is 18.0 Å². The summed E-state index contributed by atoms with van der Waals surface area (Å²) in [6, 6.07) is 9.57. The molecule has 0 fully saturated rings. The highest BCUT2D eigenvalue weighted by molar-refractivity contribution is 7.09. The Morgan fingerprint density at radius 1 is 1.08 bits per heavy atom. The van der Waals surface area contributed by atoms with Crippen LogP contribution in [0.2, 0.25) is 0 Å². The van der Waals surface area contributed by atoms with E-state index in [1.54, 1.807) is 12.3 Å². The molecule has 1 amide bonds. The molecule has 0 spiro atoms. The summed E-state index contributed by atoms with van der Waals surface area (Å²) in [7, 11) is 0. The number of alkyl halides is 3. The third-order valence-electron chi connectivity index (χ3n) is 3.35. The summed E-state index contributed by atoms with van der Waals surface area (Å²) in [5, 5.41) is 5.16. The number of aromatic nitrogens is 2. The van der Waals surface area contributed by atoms with E-state index >= 15 is 0 Å². The number of nitrogens with one attached hydrogen (secondary N) is 1. The fourth-order valence-corrected chi connectivity index (χ4v) is 2.82. The van der Waals surface area contributed by atoms with Crippen molar-refractivity contribution in [3.63, 3.8) is 0 Å². The van der Waals surface area contributed by atoms with Crippen LogP contribution in [0.4, 0.5) is 13.2 Å². The van der Waals surface area contributed by atoms with Crippen LogP contribution >= 0.6 is 11.3 Å². The van der Waals surface area contributed by atoms with E-state index in [0.717, 1.165) is 30.0 Å². The van der Waals surface area contributed by atoms with Gasteiger partial charge in [0.2, 0.25) is 0 Å². The van der Waals surface area contributed by atoms with Crippen molar-refractivity contribution in [3.8, 4) is 11.4 Å². The molecule has 1 aromatic carbocycles. The lowest BCUT2D eigenvalue weighted by atomic mass is 10.1. The second-order valence-electron chi connectivity index (χ2n) is 5.10. The Hall–Kier alpha value is -2.74. The Morgan fingerprint density at radius 3 is 2.48 bits per heavy atom. The predicted molar refractivity (Wildman–Crippen MR) is 88.0 cm³/mol. The third-order valence-corrected chi connectivity index (χ3v) is 4.20. The average Bonchev–Trinajstić information content (AvgIpc) is 3.09. The van der Waals surface area contributed by atoms with Crippen molar-refractivity contribution in [3.05, 3.63) is 70.2 Å². The number of benzene rings is 1. The van der Waals surface area contributed by atoms with Crippen LogP contribution in [0.1, 0.15) is 20.9 Å². The fourth-order valence-electron chi connectivity index (χ4n) is 2.09. The highest BCUT2D eigenvalue weighted by Crippen LogP contribution is 2.29. The number of pyridine rings is 1. The molecule has 2 heterocycles. The van der Waals surface area contributed by atoms with Gasteiger partial charge in [0.05, 0.1) is 23.5 Å². The van der Waals surface area contributed by atoms with Gasteiger partial charge in [0, 0.05) is 17.1 Å². The van der Waals surface area contributed by atoms with Crippen molar-refractivity contribution >= 4 is 17.2 Å². The van der Waals surface area contributed by atoms with Gasteiger partial charge in [0.25, 0.3) is 5.91 Å². The number of halogens is 3. The molecule has 8 heteroatoms. The summed E-state index contributed by atoms with van der Waals surface area (Å²) in [6.45, 7) is 0.192. The summed E-state index contributed by atoms with van der Waals surface area (Å²) in [6.07, 6.45) is -2.75. The average molecular weight is 363 g/mol. The maximum absolute atomic E-state index is 12.5. The van der Waals surface area contributed by atoms with E-state index in [1.165, 1.54) is 11.3 Å². The third kappa shape index (κ3) is 4.21. The van der Waals surface area contributed by atoms with Crippen LogP contribution < -0.4 is 5.32 Å². The first-order chi connectivity index (χ1) is 11.9. The van der Waals surface area contributed by atoms with Crippen LogP contribution in [-0.2, 0) is 12.7 Å². The monoisotopic (exact) mass is 363 g/mol. The molecule has 25 heavy (non-hydrogen) atoms. The molecule has 0 atom stereocenters. The first-order valence-electron chi connectivity index (χ1n) is 7.25. The summed E-state index contributed by atoms with van der Waals surface area (Å²) >= 11 is 1.37. The topological polar surface area (TPSA) is 54.9 Å². The lowest BCUT2D eigenvalue weighted by Gasteiger charge is -2.07. The molecule has 0 aliphatic carbocycles. The van der Waals surface area contributed by atoms with Gasteiger partial charge in [-0.1, -0.05) is 6.07 Å². The van der Waals surface area contributed by atoms with Crippen LogP contribution in [0.5, 0.6) is 0 Å². The fraction of sp³-hybridized carbons (Fsp3) is 0.118. The van der Waals surface area contributed by atoms with E-state index in [0.29, 0.717) is 10.7 Å². The van der Waals surface area contributed by atoms with Gasteiger partial charge in [-0.05, 0) is 36.4 Å². The number of nitrogens with zero attached hydrogens (tertiary/aromatic N) is 2. The zero-order valence-corrected chi connectivity index (χ0v) is 13.6. The molecule has 3 rings (SSSR count). The summed E-state index contributed by atoms with van der Waals surface area (Å²) in [5.41, 5.74) is 0.821. The number of amides is 1. The molecule has 0 unspecified atom stereocenters. The van der Waals surface area contributed by atoms with E-state index in [-0.39, 0.29) is 12.1 Å². The quantitative estimate of drug-likeness (QED) is 0.757. The molecule has 0 aliphatic heterocycles. The Bertz CT molecular complexity index is 861. The van der Waals surface area contributed by atoms with Gasteiger partial charge in [-0.3, -0.25) is 9.78 Å². The van der Waals surface area contributed by atoms with Gasteiger partial charge < -0.3 is 5.32 Å². The van der Waals surface area contributed by atoms with E-state index in [2.05, 4.69) is 15.3 Å². The van der Waals surface area contributed by atoms with Crippen molar-refractivity contribution in [1.82, 2.24) is 15.3 Å². The Kier molecular flexibility index (Phi) is 4.80. The van der Waals surface area contributed by atoms with Gasteiger partial charge in [-0.2, -0.15) is 13.2 Å². The number of hydrogen-bond acceptors (Lipinski definition) is 4. The minimum Gasteiger partial charge on any atom is -0.346 e. The van der Waals surface area contributed by atoms with Crippen LogP contribution in [0.25, 0.3) is 11.4 Å². The highest BCUT2D eigenvalue weighted by Gasteiger charge is 2.30. The number of hydrogen-bond donors (Lipinski definition) is 1. The maximum Gasteiger partial charge on any atom is 0.416 e. The second kappa shape index (κ2) is 7.02. The first kappa shape index (κ1) is 17.1. The molecule has 1 N–H and O–H groups in total. The lowest BCUT2D eigenvalue weighted by molar-refractivity contribution is -0.137. The van der Waals surface area contributed by atoms with E-state index in [1.807, 2.05) is 17.5 Å². The van der Waals surface area contributed by atoms with Gasteiger partial charge in [-0.15, -0.1) is 11.3 Å². The Morgan fingerprint density at radius 2 is 1.84 bits per heavy atom. The summed E-state index contributed by atoms with van der Waals surface area (Å²) in [4.78, 5) is 20.6. The molecule has 128 valence electrons. The number of carbonyl (C=O) groups excluding carboxylic acids is 1. The second-order valence-corrected chi connectivity index (χ2v) is 6.04. The zero-order valence-electron chi connectivity index (χ0n) is 12.7. The van der Waals surface area contributed by atoms with Crippen LogP contribution in [0.15, 0.2) is 54.0 Å². The van der Waals surface area contributed by atoms with E-state index < -0.39 is 17.6 Å². The minimum absolute atomic E-state index is 0.162. The first-order valence-corrected chi connectivity index (χ1v) is 8.13. The van der Waals surface area contributed by atoms with E-state index in [4.69, 9.17) is 0 Å². The van der Waals surface area contributed by atoms with Crippen molar-refractivity contribution < 1.29 is 18.0 Å².